The van der Waals surface area contributed by atoms with E-state index in [9.17, 15) is 14.4 Å². The summed E-state index contributed by atoms with van der Waals surface area (Å²) in [6.45, 7) is 10.4. The number of benzene rings is 1. The van der Waals surface area contributed by atoms with E-state index in [4.69, 9.17) is 14.2 Å². The van der Waals surface area contributed by atoms with Crippen LogP contribution in [0.25, 0.3) is 0 Å². The average Bonchev–Trinajstić information content (AvgIpc) is 2.85. The standard InChI is InChI=1S/C26H39N5O6/c1-8-37-23(32)20-18(16-30-12-14-31(15-13-30)25(34)28-26(2,3)4)29(5)24(33)27-21(20)17-10-9-11-19(35-6)22(17)36-7/h9-11,21H,8,12-16H2,1-7H3,(H,27,33)(H,28,34)/t21-/m1/s1. The van der Waals surface area contributed by atoms with Crippen LogP contribution in [0.5, 0.6) is 11.5 Å². The third kappa shape index (κ3) is 6.46. The van der Waals surface area contributed by atoms with Crippen LogP contribution >= 0.6 is 0 Å². The zero-order chi connectivity index (χ0) is 27.3. The van der Waals surface area contributed by atoms with Crippen LogP contribution in [0.4, 0.5) is 9.59 Å². The van der Waals surface area contributed by atoms with Crippen molar-refractivity contribution in [3.8, 4) is 11.5 Å². The van der Waals surface area contributed by atoms with Gasteiger partial charge < -0.3 is 29.7 Å². The summed E-state index contributed by atoms with van der Waals surface area (Å²) in [5.41, 5.74) is 1.16. The van der Waals surface area contributed by atoms with E-state index in [1.165, 1.54) is 19.1 Å². The number of carbonyl (C=O) groups excluding carboxylic acids is 3. The molecule has 11 nitrogen and oxygen atoms in total. The third-order valence-corrected chi connectivity index (χ3v) is 6.33. The molecular weight excluding hydrogens is 478 g/mol. The minimum absolute atomic E-state index is 0.0991. The van der Waals surface area contributed by atoms with E-state index < -0.39 is 12.0 Å². The topological polar surface area (TPSA) is 113 Å². The second-order valence-electron chi connectivity index (χ2n) is 10.0. The van der Waals surface area contributed by atoms with Crippen LogP contribution in [0.1, 0.15) is 39.3 Å². The maximum atomic E-state index is 13.3. The lowest BCUT2D eigenvalue weighted by Crippen LogP contribution is -2.56. The molecule has 1 atom stereocenters. The Bertz CT molecular complexity index is 1040. The summed E-state index contributed by atoms with van der Waals surface area (Å²) < 4.78 is 16.5. The number of likely N-dealkylation sites (N-methyl/N-ethyl adjacent to an activating group) is 1. The van der Waals surface area contributed by atoms with Gasteiger partial charge in [-0.05, 0) is 33.8 Å². The van der Waals surface area contributed by atoms with Gasteiger partial charge in [0.05, 0.1) is 32.4 Å². The molecule has 1 aromatic carbocycles. The van der Waals surface area contributed by atoms with E-state index in [1.807, 2.05) is 20.8 Å². The molecular formula is C26H39N5O6. The number of nitrogens with one attached hydrogen (secondary N) is 2. The SMILES string of the molecule is CCOC(=O)C1=C(CN2CCN(C(=O)NC(C)(C)C)CC2)N(C)C(=O)N[C@@H]1c1cccc(OC)c1OC. The van der Waals surface area contributed by atoms with Crippen LogP contribution < -0.4 is 20.1 Å². The van der Waals surface area contributed by atoms with Gasteiger partial charge in [-0.2, -0.15) is 0 Å². The average molecular weight is 518 g/mol. The molecule has 11 heteroatoms. The number of para-hydroxylation sites is 1. The smallest absolute Gasteiger partial charge is 0.338 e. The third-order valence-electron chi connectivity index (χ3n) is 6.33. The number of nitrogens with zero attached hydrogens (tertiary/aromatic N) is 3. The number of hydrogen-bond donors (Lipinski definition) is 2. The zero-order valence-electron chi connectivity index (χ0n) is 22.8. The summed E-state index contributed by atoms with van der Waals surface area (Å²) >= 11 is 0. The van der Waals surface area contributed by atoms with Crippen molar-refractivity contribution in [3.63, 3.8) is 0 Å². The Balaban J connectivity index is 1.94. The Kier molecular flexibility index (Phi) is 8.90. The number of piperazine rings is 1. The number of methoxy groups -OCH3 is 2. The van der Waals surface area contributed by atoms with Gasteiger partial charge in [0.15, 0.2) is 11.5 Å². The van der Waals surface area contributed by atoms with Gasteiger partial charge in [-0.1, -0.05) is 12.1 Å². The van der Waals surface area contributed by atoms with Gasteiger partial charge in [-0.25, -0.2) is 14.4 Å². The van der Waals surface area contributed by atoms with E-state index in [2.05, 4.69) is 15.5 Å². The first kappa shape index (κ1) is 28.1. The predicted molar refractivity (Wildman–Crippen MR) is 139 cm³/mol. The highest BCUT2D eigenvalue weighted by atomic mass is 16.5. The van der Waals surface area contributed by atoms with Gasteiger partial charge >= 0.3 is 18.0 Å². The molecule has 0 aromatic heterocycles. The Labute approximate surface area is 218 Å². The Hall–Kier alpha value is -3.47. The molecule has 37 heavy (non-hydrogen) atoms. The Morgan fingerprint density at radius 3 is 2.35 bits per heavy atom. The fourth-order valence-corrected chi connectivity index (χ4v) is 4.49. The molecule has 0 radical (unpaired) electrons. The van der Waals surface area contributed by atoms with Gasteiger partial charge in [-0.15, -0.1) is 0 Å². The van der Waals surface area contributed by atoms with Crippen molar-refractivity contribution in [3.05, 3.63) is 35.0 Å². The summed E-state index contributed by atoms with van der Waals surface area (Å²) in [6.07, 6.45) is 0. The normalized spacial score (nSPS) is 18.9. The monoisotopic (exact) mass is 517 g/mol. The Morgan fingerprint density at radius 2 is 1.78 bits per heavy atom. The largest absolute Gasteiger partial charge is 0.493 e. The van der Waals surface area contributed by atoms with Crippen molar-refractivity contribution in [2.75, 3.05) is 60.6 Å². The van der Waals surface area contributed by atoms with E-state index in [0.29, 0.717) is 61.1 Å². The number of esters is 1. The van der Waals surface area contributed by atoms with Crippen molar-refractivity contribution in [1.29, 1.82) is 0 Å². The van der Waals surface area contributed by atoms with Crippen LogP contribution in [-0.2, 0) is 9.53 Å². The number of amides is 4. The van der Waals surface area contributed by atoms with E-state index in [0.717, 1.165) is 0 Å². The fourth-order valence-electron chi connectivity index (χ4n) is 4.49. The molecule has 1 aromatic rings. The highest BCUT2D eigenvalue weighted by molar-refractivity contribution is 5.95. The van der Waals surface area contributed by atoms with Crippen LogP contribution in [0.15, 0.2) is 29.5 Å². The first-order valence-corrected chi connectivity index (χ1v) is 12.4. The molecule has 0 bridgehead atoms. The lowest BCUT2D eigenvalue weighted by molar-refractivity contribution is -0.139. The summed E-state index contributed by atoms with van der Waals surface area (Å²) in [5, 5.41) is 5.91. The molecule has 2 N–H and O–H groups in total. The molecule has 2 heterocycles. The van der Waals surface area contributed by atoms with Crippen LogP contribution in [0.2, 0.25) is 0 Å². The van der Waals surface area contributed by atoms with Crippen molar-refractivity contribution < 1.29 is 28.6 Å². The first-order valence-electron chi connectivity index (χ1n) is 12.4. The number of ether oxygens (including phenoxy) is 3. The molecule has 1 saturated heterocycles. The molecule has 1 fully saturated rings. The van der Waals surface area contributed by atoms with E-state index >= 15 is 0 Å². The van der Waals surface area contributed by atoms with Crippen LogP contribution in [0, 0.1) is 0 Å². The van der Waals surface area contributed by atoms with Gasteiger partial charge in [0, 0.05) is 56.6 Å². The fraction of sp³-hybridized carbons (Fsp3) is 0.577. The highest BCUT2D eigenvalue weighted by Gasteiger charge is 2.39. The van der Waals surface area contributed by atoms with Crippen LogP contribution in [0.3, 0.4) is 0 Å². The van der Waals surface area contributed by atoms with Crippen molar-refractivity contribution in [2.24, 2.45) is 0 Å². The Morgan fingerprint density at radius 1 is 1.11 bits per heavy atom. The summed E-state index contributed by atoms with van der Waals surface area (Å²) in [7, 11) is 4.68. The van der Waals surface area contributed by atoms with E-state index in [-0.39, 0.29) is 24.2 Å². The lowest BCUT2D eigenvalue weighted by Gasteiger charge is -2.40. The van der Waals surface area contributed by atoms with Gasteiger partial charge in [0.2, 0.25) is 0 Å². The van der Waals surface area contributed by atoms with Gasteiger partial charge in [0.25, 0.3) is 0 Å². The summed E-state index contributed by atoms with van der Waals surface area (Å²) in [5.74, 6) is 0.407. The van der Waals surface area contributed by atoms with Gasteiger partial charge in [-0.3, -0.25) is 9.80 Å². The number of carbonyl (C=O) groups is 3. The highest BCUT2D eigenvalue weighted by Crippen LogP contribution is 2.40. The molecule has 0 unspecified atom stereocenters. The number of urea groups is 2. The zero-order valence-corrected chi connectivity index (χ0v) is 22.8. The lowest BCUT2D eigenvalue weighted by atomic mass is 9.93. The van der Waals surface area contributed by atoms with Crippen LogP contribution in [-0.4, -0.2) is 98.9 Å². The molecule has 0 saturated carbocycles. The first-order chi connectivity index (χ1) is 17.5. The summed E-state index contributed by atoms with van der Waals surface area (Å²) in [6, 6.07) is 4.09. The van der Waals surface area contributed by atoms with Crippen molar-refractivity contribution in [2.45, 2.75) is 39.3 Å². The summed E-state index contributed by atoms with van der Waals surface area (Å²) in [4.78, 5) is 44.3. The molecule has 3 rings (SSSR count). The minimum atomic E-state index is -0.790. The molecule has 0 aliphatic carbocycles. The number of hydrogen-bond acceptors (Lipinski definition) is 7. The van der Waals surface area contributed by atoms with Crippen molar-refractivity contribution >= 4 is 18.0 Å². The minimum Gasteiger partial charge on any atom is -0.493 e. The second kappa shape index (κ2) is 11.7. The second-order valence-corrected chi connectivity index (χ2v) is 10.0. The maximum absolute atomic E-state index is 13.3. The maximum Gasteiger partial charge on any atom is 0.338 e. The quantitative estimate of drug-likeness (QED) is 0.534. The molecule has 2 aliphatic heterocycles. The van der Waals surface area contributed by atoms with E-state index in [1.54, 1.807) is 37.1 Å². The number of rotatable bonds is 7. The molecule has 2 aliphatic rings. The molecule has 204 valence electrons. The van der Waals surface area contributed by atoms with Crippen molar-refractivity contribution in [1.82, 2.24) is 25.3 Å². The molecule has 4 amide bonds. The van der Waals surface area contributed by atoms with Gasteiger partial charge in [0.1, 0.15) is 0 Å². The molecule has 0 spiro atoms. The predicted octanol–water partition coefficient (Wildman–Crippen LogP) is 2.34.